The van der Waals surface area contributed by atoms with E-state index in [0.29, 0.717) is 62.4 Å². The first kappa shape index (κ1) is 21.3. The number of amides is 2. The molecule has 1 atom stereocenters. The standard InChI is InChI=1S/C24H30N4O3/c1-2-21(29)27-15-13-18-19(16-27)25-23(26-24(18)31)20-10-6-7-14-28(20)22(30)12-11-17-8-4-3-5-9-17/h3-5,8-9,20H,2,6-7,10-16H2,1H3,(H,25,26,31). The van der Waals surface area contributed by atoms with Gasteiger partial charge in [-0.15, -0.1) is 0 Å². The van der Waals surface area contributed by atoms with Crippen molar-refractivity contribution in [3.8, 4) is 0 Å². The number of likely N-dealkylation sites (tertiary alicyclic amines) is 1. The molecule has 1 unspecified atom stereocenters. The summed E-state index contributed by atoms with van der Waals surface area (Å²) in [6.07, 6.45) is 4.84. The first-order valence-electron chi connectivity index (χ1n) is 11.3. The number of carbonyl (C=O) groups excluding carboxylic acids is 2. The summed E-state index contributed by atoms with van der Waals surface area (Å²) in [6.45, 7) is 3.44. The monoisotopic (exact) mass is 422 g/mol. The third-order valence-electron chi connectivity index (χ3n) is 6.36. The van der Waals surface area contributed by atoms with Crippen LogP contribution in [-0.4, -0.2) is 44.7 Å². The third kappa shape index (κ3) is 4.70. The molecule has 3 heterocycles. The van der Waals surface area contributed by atoms with Gasteiger partial charge in [0, 0.05) is 31.5 Å². The highest BCUT2D eigenvalue weighted by molar-refractivity contribution is 5.77. The molecule has 0 spiro atoms. The maximum atomic E-state index is 13.1. The van der Waals surface area contributed by atoms with Crippen LogP contribution >= 0.6 is 0 Å². The van der Waals surface area contributed by atoms with Gasteiger partial charge in [0.1, 0.15) is 5.82 Å². The summed E-state index contributed by atoms with van der Waals surface area (Å²) in [6, 6.07) is 9.79. The number of benzene rings is 1. The highest BCUT2D eigenvalue weighted by atomic mass is 16.2. The molecule has 0 aliphatic carbocycles. The second kappa shape index (κ2) is 9.45. The van der Waals surface area contributed by atoms with E-state index in [0.717, 1.165) is 24.8 Å². The number of hydrogen-bond donors (Lipinski definition) is 1. The lowest BCUT2D eigenvalue weighted by Crippen LogP contribution is -2.42. The molecule has 31 heavy (non-hydrogen) atoms. The van der Waals surface area contributed by atoms with Gasteiger partial charge in [0.05, 0.1) is 18.3 Å². The number of piperidine rings is 1. The maximum absolute atomic E-state index is 13.1. The van der Waals surface area contributed by atoms with E-state index in [1.54, 1.807) is 4.90 Å². The second-order valence-corrected chi connectivity index (χ2v) is 8.38. The Balaban J connectivity index is 1.54. The van der Waals surface area contributed by atoms with Gasteiger partial charge in [-0.05, 0) is 37.7 Å². The first-order chi connectivity index (χ1) is 15.1. The minimum atomic E-state index is -0.215. The van der Waals surface area contributed by atoms with E-state index in [9.17, 15) is 14.4 Å². The van der Waals surface area contributed by atoms with E-state index >= 15 is 0 Å². The van der Waals surface area contributed by atoms with Crippen LogP contribution in [0.25, 0.3) is 0 Å². The molecule has 4 rings (SSSR count). The largest absolute Gasteiger partial charge is 0.336 e. The van der Waals surface area contributed by atoms with Crippen molar-refractivity contribution in [2.24, 2.45) is 0 Å². The zero-order chi connectivity index (χ0) is 21.8. The number of fused-ring (bicyclic) bond motifs is 1. The number of nitrogens with one attached hydrogen (secondary N) is 1. The van der Waals surface area contributed by atoms with Crippen LogP contribution in [-0.2, 0) is 29.0 Å². The Bertz CT molecular complexity index is 1000. The molecule has 2 amide bonds. The second-order valence-electron chi connectivity index (χ2n) is 8.38. The Morgan fingerprint density at radius 2 is 1.94 bits per heavy atom. The molecule has 1 saturated heterocycles. The zero-order valence-corrected chi connectivity index (χ0v) is 18.1. The first-order valence-corrected chi connectivity index (χ1v) is 11.3. The van der Waals surface area contributed by atoms with Gasteiger partial charge in [-0.2, -0.15) is 0 Å². The highest BCUT2D eigenvalue weighted by Crippen LogP contribution is 2.30. The molecule has 164 valence electrons. The number of H-pyrrole nitrogens is 1. The quantitative estimate of drug-likeness (QED) is 0.803. The van der Waals surface area contributed by atoms with Gasteiger partial charge < -0.3 is 14.8 Å². The van der Waals surface area contributed by atoms with E-state index in [1.165, 1.54) is 0 Å². The molecule has 7 heteroatoms. The van der Waals surface area contributed by atoms with Crippen LogP contribution in [0.4, 0.5) is 0 Å². The van der Waals surface area contributed by atoms with Crippen LogP contribution in [0.15, 0.2) is 35.1 Å². The molecule has 1 N–H and O–H groups in total. The van der Waals surface area contributed by atoms with Gasteiger partial charge in [-0.3, -0.25) is 14.4 Å². The molecule has 2 aromatic rings. The number of nitrogens with zero attached hydrogens (tertiary/aromatic N) is 3. The fraction of sp³-hybridized carbons (Fsp3) is 0.500. The molecule has 0 saturated carbocycles. The van der Waals surface area contributed by atoms with Gasteiger partial charge in [-0.25, -0.2) is 4.98 Å². The van der Waals surface area contributed by atoms with Crippen LogP contribution in [0.1, 0.15) is 67.7 Å². The van der Waals surface area contributed by atoms with Crippen molar-refractivity contribution in [3.63, 3.8) is 0 Å². The Morgan fingerprint density at radius 1 is 1.13 bits per heavy atom. The molecule has 1 fully saturated rings. The van der Waals surface area contributed by atoms with Crippen molar-refractivity contribution in [2.45, 2.75) is 64.5 Å². The van der Waals surface area contributed by atoms with E-state index in [-0.39, 0.29) is 23.4 Å². The Kier molecular flexibility index (Phi) is 6.49. The van der Waals surface area contributed by atoms with Crippen LogP contribution in [0.5, 0.6) is 0 Å². The average Bonchev–Trinajstić information content (AvgIpc) is 2.82. The summed E-state index contributed by atoms with van der Waals surface area (Å²) < 4.78 is 0. The molecule has 1 aromatic heterocycles. The fourth-order valence-corrected chi connectivity index (χ4v) is 4.61. The van der Waals surface area contributed by atoms with E-state index in [2.05, 4.69) is 4.98 Å². The van der Waals surface area contributed by atoms with Crippen LogP contribution < -0.4 is 5.56 Å². The van der Waals surface area contributed by atoms with Gasteiger partial charge in [0.2, 0.25) is 11.8 Å². The fourth-order valence-electron chi connectivity index (χ4n) is 4.61. The Labute approximate surface area is 182 Å². The van der Waals surface area contributed by atoms with Crippen molar-refractivity contribution >= 4 is 11.8 Å². The summed E-state index contributed by atoms with van der Waals surface area (Å²) in [4.78, 5) is 49.3. The minimum Gasteiger partial charge on any atom is -0.336 e. The number of aromatic amines is 1. The van der Waals surface area contributed by atoms with Gasteiger partial charge in [0.15, 0.2) is 0 Å². The summed E-state index contributed by atoms with van der Waals surface area (Å²) in [5.74, 6) is 0.726. The van der Waals surface area contributed by atoms with Gasteiger partial charge in [0.25, 0.3) is 5.56 Å². The zero-order valence-electron chi connectivity index (χ0n) is 18.1. The number of hydrogen-bond acceptors (Lipinski definition) is 4. The van der Waals surface area contributed by atoms with Crippen LogP contribution in [0.3, 0.4) is 0 Å². The number of rotatable bonds is 5. The molecule has 2 aliphatic heterocycles. The molecule has 7 nitrogen and oxygen atoms in total. The molecule has 0 bridgehead atoms. The lowest BCUT2D eigenvalue weighted by molar-refractivity contribution is -0.135. The topological polar surface area (TPSA) is 86.4 Å². The van der Waals surface area contributed by atoms with Crippen molar-refractivity contribution in [1.82, 2.24) is 19.8 Å². The molecular formula is C24H30N4O3. The average molecular weight is 423 g/mol. The van der Waals surface area contributed by atoms with Crippen molar-refractivity contribution < 1.29 is 9.59 Å². The molecule has 0 radical (unpaired) electrons. The predicted octanol–water partition coefficient (Wildman–Crippen LogP) is 2.75. The summed E-state index contributed by atoms with van der Waals surface area (Å²) in [5, 5.41) is 0. The summed E-state index contributed by atoms with van der Waals surface area (Å²) in [5.41, 5.74) is 2.35. The van der Waals surface area contributed by atoms with E-state index < -0.39 is 0 Å². The summed E-state index contributed by atoms with van der Waals surface area (Å²) >= 11 is 0. The summed E-state index contributed by atoms with van der Waals surface area (Å²) in [7, 11) is 0. The number of aryl methyl sites for hydroxylation is 1. The van der Waals surface area contributed by atoms with Crippen LogP contribution in [0.2, 0.25) is 0 Å². The van der Waals surface area contributed by atoms with E-state index in [4.69, 9.17) is 4.98 Å². The molecule has 2 aliphatic rings. The van der Waals surface area contributed by atoms with Crippen molar-refractivity contribution in [1.29, 1.82) is 0 Å². The third-order valence-corrected chi connectivity index (χ3v) is 6.36. The van der Waals surface area contributed by atoms with Crippen molar-refractivity contribution in [3.05, 3.63) is 63.3 Å². The normalized spacial score (nSPS) is 18.5. The van der Waals surface area contributed by atoms with Crippen LogP contribution in [0, 0.1) is 0 Å². The number of carbonyl (C=O) groups is 2. The molecule has 1 aromatic carbocycles. The SMILES string of the molecule is CCC(=O)N1CCc2c(nc(C3CCCCN3C(=O)CCc3ccccc3)[nH]c2=O)C1. The predicted molar refractivity (Wildman–Crippen MR) is 117 cm³/mol. The van der Waals surface area contributed by atoms with Crippen molar-refractivity contribution in [2.75, 3.05) is 13.1 Å². The Morgan fingerprint density at radius 3 is 2.71 bits per heavy atom. The number of aromatic nitrogens is 2. The van der Waals surface area contributed by atoms with Gasteiger partial charge in [-0.1, -0.05) is 37.3 Å². The highest BCUT2D eigenvalue weighted by Gasteiger charge is 2.31. The lowest BCUT2D eigenvalue weighted by Gasteiger charge is -2.36. The molecular weight excluding hydrogens is 392 g/mol. The Hall–Kier alpha value is -2.96. The maximum Gasteiger partial charge on any atom is 0.254 e. The minimum absolute atomic E-state index is 0.0738. The van der Waals surface area contributed by atoms with Gasteiger partial charge >= 0.3 is 0 Å². The lowest BCUT2D eigenvalue weighted by atomic mass is 9.99. The smallest absolute Gasteiger partial charge is 0.254 e. The van der Waals surface area contributed by atoms with E-state index in [1.807, 2.05) is 42.2 Å².